The number of benzene rings is 1. The summed E-state index contributed by atoms with van der Waals surface area (Å²) in [7, 11) is 0. The van der Waals surface area contributed by atoms with Crippen molar-refractivity contribution in [3.8, 4) is 0 Å². The fourth-order valence-corrected chi connectivity index (χ4v) is 3.34. The Morgan fingerprint density at radius 1 is 1.16 bits per heavy atom. The maximum Gasteiger partial charge on any atom is 0.244 e. The van der Waals surface area contributed by atoms with Gasteiger partial charge in [-0.1, -0.05) is 29.8 Å². The number of aromatic carboxylic acids is 1. The summed E-state index contributed by atoms with van der Waals surface area (Å²) in [6, 6.07) is 5.39. The number of carboxylic acid groups (broad SMARTS) is 1. The van der Waals surface area contributed by atoms with Gasteiger partial charge in [-0.2, -0.15) is 0 Å². The molecule has 1 aromatic carbocycles. The van der Waals surface area contributed by atoms with Crippen LogP contribution >= 0.6 is 11.6 Å². The standard InChI is InChI=1S/C17H15ClN2O5/c18-10-3-6-12-13(7-10)16(23)20(15(12)22)8-14(21)19-11-4-1-9(2-5-11)17(24)25/h1-5,12-13H,6-8H2,(H,19,21)(H,24,25)/p-1/t12-,13-/m1/s1. The molecular weight excluding hydrogens is 348 g/mol. The summed E-state index contributed by atoms with van der Waals surface area (Å²) in [6.07, 6.45) is 2.45. The Labute approximate surface area is 148 Å². The summed E-state index contributed by atoms with van der Waals surface area (Å²) >= 11 is 5.95. The third-order valence-corrected chi connectivity index (χ3v) is 4.68. The Morgan fingerprint density at radius 2 is 1.80 bits per heavy atom. The van der Waals surface area contributed by atoms with Gasteiger partial charge in [0.1, 0.15) is 6.54 Å². The molecule has 0 saturated carbocycles. The molecule has 25 heavy (non-hydrogen) atoms. The van der Waals surface area contributed by atoms with E-state index in [1.165, 1.54) is 24.3 Å². The molecule has 3 rings (SSSR count). The van der Waals surface area contributed by atoms with Crippen molar-refractivity contribution < 1.29 is 24.3 Å². The molecule has 0 unspecified atom stereocenters. The van der Waals surface area contributed by atoms with Crippen LogP contribution in [0.4, 0.5) is 5.69 Å². The molecule has 2 aliphatic rings. The van der Waals surface area contributed by atoms with E-state index in [0.29, 0.717) is 23.6 Å². The molecule has 0 spiro atoms. The maximum absolute atomic E-state index is 12.4. The number of nitrogens with one attached hydrogen (secondary N) is 1. The largest absolute Gasteiger partial charge is 0.545 e. The number of anilines is 1. The van der Waals surface area contributed by atoms with Crippen molar-refractivity contribution in [1.82, 2.24) is 4.90 Å². The Morgan fingerprint density at radius 3 is 2.44 bits per heavy atom. The highest BCUT2D eigenvalue weighted by Gasteiger charge is 2.48. The number of carbonyl (C=O) groups is 4. The van der Waals surface area contributed by atoms with Crippen LogP contribution in [-0.4, -0.2) is 35.1 Å². The third-order valence-electron chi connectivity index (χ3n) is 4.37. The predicted molar refractivity (Wildman–Crippen MR) is 86.3 cm³/mol. The van der Waals surface area contributed by atoms with Gasteiger partial charge in [0.05, 0.1) is 17.8 Å². The van der Waals surface area contributed by atoms with E-state index in [2.05, 4.69) is 5.32 Å². The van der Waals surface area contributed by atoms with Crippen LogP contribution in [0.5, 0.6) is 0 Å². The van der Waals surface area contributed by atoms with Gasteiger partial charge in [0, 0.05) is 10.7 Å². The molecule has 0 radical (unpaired) electrons. The van der Waals surface area contributed by atoms with E-state index in [4.69, 9.17) is 11.6 Å². The smallest absolute Gasteiger partial charge is 0.244 e. The number of nitrogens with zero attached hydrogens (tertiary/aromatic N) is 1. The summed E-state index contributed by atoms with van der Waals surface area (Å²) < 4.78 is 0. The Bertz CT molecular complexity index is 787. The molecular formula is C17H14ClN2O5-. The summed E-state index contributed by atoms with van der Waals surface area (Å²) in [5.74, 6) is -3.56. The lowest BCUT2D eigenvalue weighted by Crippen LogP contribution is -2.38. The molecule has 1 saturated heterocycles. The van der Waals surface area contributed by atoms with Gasteiger partial charge >= 0.3 is 0 Å². The monoisotopic (exact) mass is 361 g/mol. The van der Waals surface area contributed by atoms with Gasteiger partial charge in [-0.3, -0.25) is 19.3 Å². The number of carbonyl (C=O) groups excluding carboxylic acids is 4. The SMILES string of the molecule is O=C(CN1C(=O)[C@@H]2CC=C(Cl)C[C@H]2C1=O)Nc1ccc(C(=O)[O-])cc1. The van der Waals surface area contributed by atoms with Crippen molar-refractivity contribution >= 4 is 41.0 Å². The van der Waals surface area contributed by atoms with Crippen LogP contribution in [0.1, 0.15) is 23.2 Å². The number of halogens is 1. The van der Waals surface area contributed by atoms with Crippen LogP contribution in [0.3, 0.4) is 0 Å². The van der Waals surface area contributed by atoms with Crippen LogP contribution in [0.2, 0.25) is 0 Å². The summed E-state index contributed by atoms with van der Waals surface area (Å²) in [5.41, 5.74) is 0.340. The number of rotatable bonds is 4. The van der Waals surface area contributed by atoms with Gasteiger partial charge in [-0.05, 0) is 30.5 Å². The average Bonchev–Trinajstić information content (AvgIpc) is 2.80. The number of hydrogen-bond donors (Lipinski definition) is 1. The number of carboxylic acids is 1. The average molecular weight is 362 g/mol. The van der Waals surface area contributed by atoms with E-state index in [0.717, 1.165) is 4.90 Å². The summed E-state index contributed by atoms with van der Waals surface area (Å²) in [4.78, 5) is 48.5. The van der Waals surface area contributed by atoms with Crippen LogP contribution in [0.25, 0.3) is 0 Å². The number of hydrogen-bond acceptors (Lipinski definition) is 5. The van der Waals surface area contributed by atoms with Crippen molar-refractivity contribution in [3.05, 3.63) is 40.9 Å². The number of imide groups is 1. The molecule has 1 N–H and O–H groups in total. The zero-order valence-corrected chi connectivity index (χ0v) is 13.8. The van der Waals surface area contributed by atoms with Crippen LogP contribution in [0.15, 0.2) is 35.4 Å². The fraction of sp³-hybridized carbons (Fsp3) is 0.294. The second-order valence-corrected chi connectivity index (χ2v) is 6.46. The predicted octanol–water partition coefficient (Wildman–Crippen LogP) is 0.506. The van der Waals surface area contributed by atoms with Gasteiger partial charge in [0.15, 0.2) is 0 Å². The molecule has 1 fully saturated rings. The van der Waals surface area contributed by atoms with Crippen molar-refractivity contribution in [2.45, 2.75) is 12.8 Å². The number of likely N-dealkylation sites (tertiary alicyclic amines) is 1. The van der Waals surface area contributed by atoms with Gasteiger partial charge < -0.3 is 15.2 Å². The highest BCUT2D eigenvalue weighted by atomic mass is 35.5. The minimum absolute atomic E-state index is 0.0173. The number of fused-ring (bicyclic) bond motifs is 1. The zero-order valence-electron chi connectivity index (χ0n) is 13.0. The second kappa shape index (κ2) is 6.68. The molecule has 1 aromatic rings. The Hall–Kier alpha value is -2.67. The minimum Gasteiger partial charge on any atom is -0.545 e. The van der Waals surface area contributed by atoms with E-state index in [1.807, 2.05) is 0 Å². The maximum atomic E-state index is 12.4. The molecule has 1 aliphatic carbocycles. The van der Waals surface area contributed by atoms with Crippen LogP contribution < -0.4 is 10.4 Å². The van der Waals surface area contributed by atoms with Crippen molar-refractivity contribution in [1.29, 1.82) is 0 Å². The van der Waals surface area contributed by atoms with Crippen LogP contribution in [0, 0.1) is 11.8 Å². The van der Waals surface area contributed by atoms with E-state index in [9.17, 15) is 24.3 Å². The summed E-state index contributed by atoms with van der Waals surface area (Å²) in [5, 5.41) is 13.8. The molecule has 130 valence electrons. The molecule has 0 aromatic heterocycles. The first-order chi connectivity index (χ1) is 11.9. The molecule has 0 bridgehead atoms. The molecule has 7 nitrogen and oxygen atoms in total. The molecule has 8 heteroatoms. The van der Waals surface area contributed by atoms with E-state index < -0.39 is 23.7 Å². The van der Waals surface area contributed by atoms with Crippen molar-refractivity contribution in [2.24, 2.45) is 11.8 Å². The third kappa shape index (κ3) is 3.41. The highest BCUT2D eigenvalue weighted by molar-refractivity contribution is 6.30. The first-order valence-electron chi connectivity index (χ1n) is 7.68. The normalized spacial score (nSPS) is 22.4. The zero-order chi connectivity index (χ0) is 18.1. The number of allylic oxidation sites excluding steroid dienone is 2. The van der Waals surface area contributed by atoms with E-state index >= 15 is 0 Å². The number of amides is 3. The van der Waals surface area contributed by atoms with Gasteiger partial charge in [-0.25, -0.2) is 0 Å². The van der Waals surface area contributed by atoms with Crippen molar-refractivity contribution in [2.75, 3.05) is 11.9 Å². The van der Waals surface area contributed by atoms with Crippen LogP contribution in [-0.2, 0) is 14.4 Å². The highest BCUT2D eigenvalue weighted by Crippen LogP contribution is 2.38. The van der Waals surface area contributed by atoms with Gasteiger partial charge in [-0.15, -0.1) is 0 Å². The quantitative estimate of drug-likeness (QED) is 0.786. The lowest BCUT2D eigenvalue weighted by Gasteiger charge is -2.17. The van der Waals surface area contributed by atoms with Crippen molar-refractivity contribution in [3.63, 3.8) is 0 Å². The molecule has 1 aliphatic heterocycles. The topological polar surface area (TPSA) is 107 Å². The Kier molecular flexibility index (Phi) is 4.59. The lowest BCUT2D eigenvalue weighted by molar-refractivity contribution is -0.255. The molecule has 2 atom stereocenters. The first-order valence-corrected chi connectivity index (χ1v) is 8.05. The Balaban J connectivity index is 1.64. The fourth-order valence-electron chi connectivity index (χ4n) is 3.09. The lowest BCUT2D eigenvalue weighted by atomic mass is 9.85. The molecule has 1 heterocycles. The summed E-state index contributed by atoms with van der Waals surface area (Å²) in [6.45, 7) is -0.384. The first kappa shape index (κ1) is 17.2. The van der Waals surface area contributed by atoms with E-state index in [-0.39, 0.29) is 23.9 Å². The molecule has 3 amide bonds. The minimum atomic E-state index is -1.32. The second-order valence-electron chi connectivity index (χ2n) is 5.98. The van der Waals surface area contributed by atoms with E-state index in [1.54, 1.807) is 6.08 Å². The van der Waals surface area contributed by atoms with Gasteiger partial charge in [0.2, 0.25) is 17.7 Å². The van der Waals surface area contributed by atoms with Gasteiger partial charge in [0.25, 0.3) is 0 Å².